The van der Waals surface area contributed by atoms with Crippen molar-refractivity contribution in [2.75, 3.05) is 37.6 Å². The number of carbonyl (C=O) groups excluding carboxylic acids is 1. The molecule has 1 N–H and O–H groups in total. The Morgan fingerprint density at radius 2 is 2.40 bits per heavy atom. The smallest absolute Gasteiger partial charge is 0.237 e. The van der Waals surface area contributed by atoms with Crippen molar-refractivity contribution < 1.29 is 4.79 Å². The molecule has 0 aromatic carbocycles. The minimum absolute atomic E-state index is 0.0765. The van der Waals surface area contributed by atoms with Crippen LogP contribution in [0, 0.1) is 0 Å². The highest BCUT2D eigenvalue weighted by atomic mass is 32.1. The van der Waals surface area contributed by atoms with Gasteiger partial charge in [-0.05, 0) is 13.3 Å². The zero-order chi connectivity index (χ0) is 14.4. The van der Waals surface area contributed by atoms with E-state index in [0.29, 0.717) is 6.54 Å². The van der Waals surface area contributed by atoms with E-state index in [1.807, 2.05) is 18.5 Å². The molecule has 110 valence electrons. The summed E-state index contributed by atoms with van der Waals surface area (Å²) in [5.41, 5.74) is 0. The van der Waals surface area contributed by atoms with Crippen molar-refractivity contribution in [3.63, 3.8) is 0 Å². The van der Waals surface area contributed by atoms with E-state index >= 15 is 0 Å². The third-order valence-electron chi connectivity index (χ3n) is 3.57. The first-order valence-corrected chi connectivity index (χ1v) is 7.87. The van der Waals surface area contributed by atoms with Crippen molar-refractivity contribution in [1.29, 1.82) is 0 Å². The lowest BCUT2D eigenvalue weighted by molar-refractivity contribution is -0.125. The van der Waals surface area contributed by atoms with Crippen LogP contribution in [0.15, 0.2) is 24.2 Å². The molecule has 1 aromatic heterocycles. The number of anilines is 1. The van der Waals surface area contributed by atoms with Crippen LogP contribution in [0.2, 0.25) is 0 Å². The molecule has 1 aromatic rings. The van der Waals surface area contributed by atoms with Crippen LogP contribution < -0.4 is 10.2 Å². The molecule has 0 radical (unpaired) electrons. The number of amides is 1. The highest BCUT2D eigenvalue weighted by Crippen LogP contribution is 2.19. The first-order chi connectivity index (χ1) is 9.72. The van der Waals surface area contributed by atoms with Crippen molar-refractivity contribution >= 4 is 22.4 Å². The van der Waals surface area contributed by atoms with E-state index in [1.165, 1.54) is 0 Å². The Balaban J connectivity index is 1.88. The van der Waals surface area contributed by atoms with Crippen LogP contribution in [0.1, 0.15) is 13.3 Å². The molecule has 1 aliphatic rings. The molecule has 1 aliphatic heterocycles. The zero-order valence-corrected chi connectivity index (χ0v) is 12.7. The summed E-state index contributed by atoms with van der Waals surface area (Å²) >= 11 is 1.67. The Hall–Kier alpha value is -1.40. The quantitative estimate of drug-likeness (QED) is 0.833. The minimum Gasteiger partial charge on any atom is -0.351 e. The summed E-state index contributed by atoms with van der Waals surface area (Å²) in [6.07, 6.45) is 4.60. The number of thiazole rings is 1. The SMILES string of the molecule is C=CCNC(=O)[C@H](C)N1CCCN(c2nccs2)CC1. The number of nitrogens with one attached hydrogen (secondary N) is 1. The summed E-state index contributed by atoms with van der Waals surface area (Å²) < 4.78 is 0. The third kappa shape index (κ3) is 3.80. The van der Waals surface area contributed by atoms with Gasteiger partial charge in [0.1, 0.15) is 0 Å². The van der Waals surface area contributed by atoms with E-state index in [-0.39, 0.29) is 11.9 Å². The third-order valence-corrected chi connectivity index (χ3v) is 4.40. The number of hydrogen-bond donors (Lipinski definition) is 1. The van der Waals surface area contributed by atoms with Gasteiger partial charge in [-0.3, -0.25) is 9.69 Å². The van der Waals surface area contributed by atoms with Crippen molar-refractivity contribution in [3.05, 3.63) is 24.2 Å². The van der Waals surface area contributed by atoms with Crippen LogP contribution in [0.4, 0.5) is 5.13 Å². The predicted octanol–water partition coefficient (Wildman–Crippen LogP) is 1.35. The number of nitrogens with zero attached hydrogens (tertiary/aromatic N) is 3. The second-order valence-corrected chi connectivity index (χ2v) is 5.77. The van der Waals surface area contributed by atoms with Gasteiger partial charge in [0.15, 0.2) is 5.13 Å². The van der Waals surface area contributed by atoms with Gasteiger partial charge in [-0.1, -0.05) is 6.08 Å². The fourth-order valence-electron chi connectivity index (χ4n) is 2.37. The summed E-state index contributed by atoms with van der Waals surface area (Å²) in [4.78, 5) is 20.9. The maximum atomic E-state index is 12.0. The normalized spacial score (nSPS) is 18.4. The fraction of sp³-hybridized carbons (Fsp3) is 0.571. The van der Waals surface area contributed by atoms with Crippen LogP contribution in [-0.2, 0) is 4.79 Å². The molecule has 0 aliphatic carbocycles. The van der Waals surface area contributed by atoms with E-state index in [2.05, 4.69) is 26.7 Å². The highest BCUT2D eigenvalue weighted by Gasteiger charge is 2.24. The Morgan fingerprint density at radius 1 is 1.55 bits per heavy atom. The van der Waals surface area contributed by atoms with E-state index in [9.17, 15) is 4.79 Å². The summed E-state index contributed by atoms with van der Waals surface area (Å²) in [6, 6.07) is -0.0915. The lowest BCUT2D eigenvalue weighted by Gasteiger charge is -2.26. The standard InChI is InChI=1S/C14H22N4OS/c1-3-5-15-13(19)12(2)17-7-4-8-18(10-9-17)14-16-6-11-20-14/h3,6,11-12H,1,4-5,7-10H2,2H3,(H,15,19)/t12-/m0/s1. The summed E-state index contributed by atoms with van der Waals surface area (Å²) in [5, 5.41) is 5.95. The van der Waals surface area contributed by atoms with Crippen molar-refractivity contribution in [2.24, 2.45) is 0 Å². The Bertz CT molecular complexity index is 434. The maximum absolute atomic E-state index is 12.0. The average molecular weight is 294 g/mol. The van der Waals surface area contributed by atoms with E-state index < -0.39 is 0 Å². The van der Waals surface area contributed by atoms with E-state index in [4.69, 9.17) is 0 Å². The molecule has 5 nitrogen and oxygen atoms in total. The van der Waals surface area contributed by atoms with Crippen molar-refractivity contribution in [1.82, 2.24) is 15.2 Å². The molecule has 0 spiro atoms. The molecule has 6 heteroatoms. The first kappa shape index (κ1) is 15.0. The lowest BCUT2D eigenvalue weighted by Crippen LogP contribution is -2.46. The van der Waals surface area contributed by atoms with Gasteiger partial charge in [0.05, 0.1) is 6.04 Å². The van der Waals surface area contributed by atoms with Crippen LogP contribution in [-0.4, -0.2) is 54.6 Å². The van der Waals surface area contributed by atoms with Crippen LogP contribution in [0.5, 0.6) is 0 Å². The summed E-state index contributed by atoms with van der Waals surface area (Å²) in [6.45, 7) is 9.89. The fourth-order valence-corrected chi connectivity index (χ4v) is 3.07. The molecule has 1 fully saturated rings. The number of aromatic nitrogens is 1. The van der Waals surface area contributed by atoms with Gasteiger partial charge in [0.25, 0.3) is 0 Å². The molecule has 0 bridgehead atoms. The Labute approximate surface area is 124 Å². The first-order valence-electron chi connectivity index (χ1n) is 6.99. The molecular formula is C14H22N4OS. The van der Waals surface area contributed by atoms with Gasteiger partial charge in [-0.25, -0.2) is 4.98 Å². The van der Waals surface area contributed by atoms with Gasteiger partial charge in [-0.15, -0.1) is 17.9 Å². The number of rotatable bonds is 5. The zero-order valence-electron chi connectivity index (χ0n) is 11.9. The molecular weight excluding hydrogens is 272 g/mol. The van der Waals surface area contributed by atoms with E-state index in [0.717, 1.165) is 37.7 Å². The van der Waals surface area contributed by atoms with E-state index in [1.54, 1.807) is 17.4 Å². The van der Waals surface area contributed by atoms with Crippen molar-refractivity contribution in [3.8, 4) is 0 Å². The lowest BCUT2D eigenvalue weighted by atomic mass is 10.2. The van der Waals surface area contributed by atoms with Crippen LogP contribution in [0.25, 0.3) is 0 Å². The average Bonchev–Trinajstić information content (AvgIpc) is 2.88. The second-order valence-electron chi connectivity index (χ2n) is 4.90. The molecule has 1 saturated heterocycles. The van der Waals surface area contributed by atoms with Gasteiger partial charge >= 0.3 is 0 Å². The minimum atomic E-state index is -0.0915. The molecule has 1 amide bonds. The molecule has 0 saturated carbocycles. The van der Waals surface area contributed by atoms with Gasteiger partial charge in [-0.2, -0.15) is 0 Å². The van der Waals surface area contributed by atoms with Gasteiger partial charge in [0.2, 0.25) is 5.91 Å². The molecule has 20 heavy (non-hydrogen) atoms. The van der Waals surface area contributed by atoms with Crippen LogP contribution in [0.3, 0.4) is 0 Å². The largest absolute Gasteiger partial charge is 0.351 e. The number of hydrogen-bond acceptors (Lipinski definition) is 5. The van der Waals surface area contributed by atoms with Crippen LogP contribution >= 0.6 is 11.3 Å². The summed E-state index contributed by atoms with van der Waals surface area (Å²) in [7, 11) is 0. The Kier molecular flexibility index (Phi) is 5.55. The molecule has 2 rings (SSSR count). The topological polar surface area (TPSA) is 48.5 Å². The highest BCUT2D eigenvalue weighted by molar-refractivity contribution is 7.13. The van der Waals surface area contributed by atoms with Gasteiger partial charge < -0.3 is 10.2 Å². The molecule has 2 heterocycles. The predicted molar refractivity (Wildman–Crippen MR) is 83.2 cm³/mol. The maximum Gasteiger partial charge on any atom is 0.237 e. The Morgan fingerprint density at radius 3 is 3.10 bits per heavy atom. The number of carbonyl (C=O) groups is 1. The molecule has 0 unspecified atom stereocenters. The van der Waals surface area contributed by atoms with Gasteiger partial charge in [0, 0.05) is 44.3 Å². The van der Waals surface area contributed by atoms with Crippen molar-refractivity contribution in [2.45, 2.75) is 19.4 Å². The second kappa shape index (κ2) is 7.40. The monoisotopic (exact) mass is 294 g/mol. The summed E-state index contributed by atoms with van der Waals surface area (Å²) in [5.74, 6) is 0.0765. The molecule has 1 atom stereocenters.